The largest absolute Gasteiger partial charge is 0.799 e. The maximum absolute atomic E-state index is 11.1. The Kier molecular flexibility index (Phi) is 7.01. The third kappa shape index (κ3) is 7.81. The summed E-state index contributed by atoms with van der Waals surface area (Å²) in [7, 11) is 0. The quantitative estimate of drug-likeness (QED) is 0.625. The summed E-state index contributed by atoms with van der Waals surface area (Å²) in [6, 6.07) is 0. The molecule has 1 aliphatic rings. The predicted octanol–water partition coefficient (Wildman–Crippen LogP) is 2.73. The second kappa shape index (κ2) is 7.55. The van der Waals surface area contributed by atoms with Gasteiger partial charge in [-0.3, -0.25) is 12.0 Å². The van der Waals surface area contributed by atoms with E-state index in [2.05, 4.69) is 36.3 Å². The predicted molar refractivity (Wildman–Crippen MR) is 87.6 cm³/mol. The molecule has 0 bridgehead atoms. The van der Waals surface area contributed by atoms with E-state index in [-0.39, 0.29) is 9.49 Å². The Labute approximate surface area is 128 Å². The first-order valence-electron chi connectivity index (χ1n) is 7.20. The normalized spacial score (nSPS) is 21.2. The van der Waals surface area contributed by atoms with Crippen LogP contribution in [0.5, 0.6) is 0 Å². The summed E-state index contributed by atoms with van der Waals surface area (Å²) in [5.74, 6) is 0. The minimum Gasteiger partial charge on any atom is -0.799 e. The van der Waals surface area contributed by atoms with Crippen molar-refractivity contribution in [2.75, 3.05) is 39.3 Å². The molecule has 0 aromatic carbocycles. The van der Waals surface area contributed by atoms with Crippen LogP contribution in [0.4, 0.5) is 0 Å². The summed E-state index contributed by atoms with van der Waals surface area (Å²) in [4.78, 5) is 4.98. The topological polar surface area (TPSA) is 29.5 Å². The van der Waals surface area contributed by atoms with E-state index in [0.29, 0.717) is 0 Å². The van der Waals surface area contributed by atoms with Crippen molar-refractivity contribution >= 4 is 24.7 Å². The summed E-state index contributed by atoms with van der Waals surface area (Å²) in [6.07, 6.45) is 2.37. The Hall–Kier alpha value is 0.580. The molecule has 1 heterocycles. The van der Waals surface area contributed by atoms with Gasteiger partial charge in [0.1, 0.15) is 0 Å². The molecular weight excluding hydrogens is 276 g/mol. The number of hydrogen-bond acceptors (Lipinski definition) is 5. The van der Waals surface area contributed by atoms with Crippen molar-refractivity contribution < 1.29 is 4.55 Å². The van der Waals surface area contributed by atoms with Gasteiger partial charge in [0.25, 0.3) is 0 Å². The molecule has 1 aliphatic heterocycles. The molecule has 0 aliphatic carbocycles. The average Bonchev–Trinajstić information content (AvgIpc) is 2.23. The molecule has 0 unspecified atom stereocenters. The molecule has 5 heteroatoms. The summed E-state index contributed by atoms with van der Waals surface area (Å²) in [5.41, 5.74) is 0. The third-order valence-corrected chi connectivity index (χ3v) is 4.06. The number of hydrogen-bond donors (Lipinski definition) is 1. The van der Waals surface area contributed by atoms with Crippen molar-refractivity contribution in [1.29, 1.82) is 0 Å². The van der Waals surface area contributed by atoms with Crippen LogP contribution in [0.15, 0.2) is 0 Å². The Morgan fingerprint density at radius 2 is 1.37 bits per heavy atom. The molecule has 1 fully saturated rings. The Morgan fingerprint density at radius 3 is 1.74 bits per heavy atom. The van der Waals surface area contributed by atoms with Crippen LogP contribution in [0.3, 0.4) is 0 Å². The zero-order chi connectivity index (χ0) is 14.5. The molecule has 0 atom stereocenters. The van der Waals surface area contributed by atoms with Gasteiger partial charge in [-0.2, -0.15) is 12.6 Å². The standard InChI is InChI=1S/C14H30N2OS2/c1-13(2,18)11-15-7-5-9-16(10-6-8-15)12-14(3,4)19-17/h17-18H,5-12H2,1-4H3/p-1. The van der Waals surface area contributed by atoms with Gasteiger partial charge in [0.2, 0.25) is 0 Å². The maximum Gasteiger partial charge on any atom is 0.0200 e. The molecule has 0 aromatic heterocycles. The SMILES string of the molecule is CC(C)(S)CN1CCCN(CC(C)(C)S[O-])CCC1. The highest BCUT2D eigenvalue weighted by atomic mass is 32.2. The van der Waals surface area contributed by atoms with Crippen LogP contribution < -0.4 is 0 Å². The molecule has 1 rings (SSSR count). The molecule has 0 saturated carbocycles. The first-order chi connectivity index (χ1) is 8.72. The molecule has 0 amide bonds. The van der Waals surface area contributed by atoms with Crippen molar-refractivity contribution in [3.05, 3.63) is 0 Å². The van der Waals surface area contributed by atoms with E-state index < -0.39 is 0 Å². The van der Waals surface area contributed by atoms with Crippen LogP contribution in [0.25, 0.3) is 0 Å². The van der Waals surface area contributed by atoms with Crippen molar-refractivity contribution in [2.24, 2.45) is 0 Å². The average molecular weight is 306 g/mol. The Morgan fingerprint density at radius 1 is 0.947 bits per heavy atom. The van der Waals surface area contributed by atoms with E-state index in [9.17, 15) is 4.55 Å². The fourth-order valence-electron chi connectivity index (χ4n) is 2.69. The highest BCUT2D eigenvalue weighted by Crippen LogP contribution is 2.23. The number of nitrogens with zero attached hydrogens (tertiary/aromatic N) is 2. The van der Waals surface area contributed by atoms with E-state index in [0.717, 1.165) is 51.3 Å². The number of thiol groups is 1. The Bertz CT molecular complexity index is 257. The van der Waals surface area contributed by atoms with E-state index >= 15 is 0 Å². The lowest BCUT2D eigenvalue weighted by Crippen LogP contribution is -2.44. The van der Waals surface area contributed by atoms with Crippen LogP contribution in [0, 0.1) is 0 Å². The van der Waals surface area contributed by atoms with E-state index in [1.54, 1.807) is 0 Å². The van der Waals surface area contributed by atoms with Gasteiger partial charge in [-0.05, 0) is 52.9 Å². The first kappa shape index (κ1) is 17.6. The second-order valence-electron chi connectivity index (χ2n) is 6.91. The molecular formula is C14H29N2OS2-. The van der Waals surface area contributed by atoms with Crippen LogP contribution in [0.2, 0.25) is 0 Å². The molecule has 0 spiro atoms. The van der Waals surface area contributed by atoms with E-state index in [4.69, 9.17) is 0 Å². The van der Waals surface area contributed by atoms with Crippen molar-refractivity contribution in [2.45, 2.75) is 50.0 Å². The summed E-state index contributed by atoms with van der Waals surface area (Å²) < 4.78 is 11.0. The lowest BCUT2D eigenvalue weighted by atomic mass is 10.1. The molecule has 0 radical (unpaired) electrons. The monoisotopic (exact) mass is 305 g/mol. The van der Waals surface area contributed by atoms with Crippen LogP contribution >= 0.6 is 24.7 Å². The van der Waals surface area contributed by atoms with Gasteiger partial charge < -0.3 is 14.4 Å². The third-order valence-electron chi connectivity index (χ3n) is 3.34. The fraction of sp³-hybridized carbons (Fsp3) is 1.00. The van der Waals surface area contributed by atoms with Crippen LogP contribution in [-0.4, -0.2) is 63.1 Å². The van der Waals surface area contributed by atoms with E-state index in [1.165, 1.54) is 12.8 Å². The molecule has 3 nitrogen and oxygen atoms in total. The lowest BCUT2D eigenvalue weighted by molar-refractivity contribution is 0.169. The van der Waals surface area contributed by atoms with Crippen molar-refractivity contribution in [3.8, 4) is 0 Å². The smallest absolute Gasteiger partial charge is 0.0200 e. The lowest BCUT2D eigenvalue weighted by Gasteiger charge is -2.38. The maximum atomic E-state index is 11.1. The highest BCUT2D eigenvalue weighted by molar-refractivity contribution is 7.95. The fourth-order valence-corrected chi connectivity index (χ4v) is 3.12. The highest BCUT2D eigenvalue weighted by Gasteiger charge is 2.22. The summed E-state index contributed by atoms with van der Waals surface area (Å²) >= 11 is 5.35. The van der Waals surface area contributed by atoms with Crippen molar-refractivity contribution in [3.63, 3.8) is 0 Å². The molecule has 0 N–H and O–H groups in total. The second-order valence-corrected chi connectivity index (χ2v) is 9.40. The molecule has 1 saturated heterocycles. The summed E-state index contributed by atoms with van der Waals surface area (Å²) in [6.45, 7) is 14.9. The van der Waals surface area contributed by atoms with Gasteiger partial charge in [0.15, 0.2) is 0 Å². The van der Waals surface area contributed by atoms with Gasteiger partial charge in [-0.25, -0.2) is 0 Å². The molecule has 19 heavy (non-hydrogen) atoms. The zero-order valence-corrected chi connectivity index (χ0v) is 14.5. The van der Waals surface area contributed by atoms with Crippen molar-refractivity contribution in [1.82, 2.24) is 9.80 Å². The van der Waals surface area contributed by atoms with E-state index in [1.807, 2.05) is 13.8 Å². The molecule has 0 aromatic rings. The van der Waals surface area contributed by atoms with Gasteiger partial charge in [0, 0.05) is 22.6 Å². The number of rotatable bonds is 5. The van der Waals surface area contributed by atoms with Gasteiger partial charge >= 0.3 is 0 Å². The molecule has 114 valence electrons. The first-order valence-corrected chi connectivity index (χ1v) is 8.39. The van der Waals surface area contributed by atoms with Gasteiger partial charge in [-0.1, -0.05) is 13.8 Å². The Balaban J connectivity index is 2.38. The summed E-state index contributed by atoms with van der Waals surface area (Å²) in [5, 5.41) is 0. The minimum atomic E-state index is -0.175. The zero-order valence-electron chi connectivity index (χ0n) is 12.8. The van der Waals surface area contributed by atoms with Gasteiger partial charge in [-0.15, -0.1) is 0 Å². The van der Waals surface area contributed by atoms with Crippen LogP contribution in [-0.2, 0) is 0 Å². The van der Waals surface area contributed by atoms with Gasteiger partial charge in [0.05, 0.1) is 0 Å². The van der Waals surface area contributed by atoms with Crippen LogP contribution in [0.1, 0.15) is 40.5 Å². The minimum absolute atomic E-state index is 0.0834.